The highest BCUT2D eigenvalue weighted by molar-refractivity contribution is 7.98. The molecule has 5 aromatic rings. The average molecular weight is 517 g/mol. The van der Waals surface area contributed by atoms with Crippen molar-refractivity contribution in [1.82, 2.24) is 19.1 Å². The predicted octanol–water partition coefficient (Wildman–Crippen LogP) is 6.89. The number of para-hydroxylation sites is 2. The van der Waals surface area contributed by atoms with Gasteiger partial charge in [-0.2, -0.15) is 0 Å². The average Bonchev–Trinajstić information content (AvgIpc) is 3.16. The van der Waals surface area contributed by atoms with E-state index in [-0.39, 0.29) is 5.56 Å². The lowest BCUT2D eigenvalue weighted by Gasteiger charge is -2.17. The topological polar surface area (TPSA) is 52.7 Å². The summed E-state index contributed by atoms with van der Waals surface area (Å²) in [5.74, 6) is 0.666. The molecule has 0 atom stereocenters. The van der Waals surface area contributed by atoms with Crippen LogP contribution in [0.1, 0.15) is 27.8 Å². The molecule has 0 radical (unpaired) electrons. The van der Waals surface area contributed by atoms with Gasteiger partial charge < -0.3 is 0 Å². The molecule has 8 heteroatoms. The first-order valence-electron chi connectivity index (χ1n) is 11.2. The first-order chi connectivity index (χ1) is 16.9. The molecule has 0 spiro atoms. The number of hydrogen-bond acceptors (Lipinski definition) is 6. The standard InChI is InChI=1S/C27H24N4OS3/c1-16-7-5-8-17(2)21(16)30-24-23(35-27(30)33)25(32)31(22-18(3)9-6-10-19(22)4)26(29-24)34-15-20-11-13-28-14-12-20/h5-14H,15H2,1-4H3. The normalized spacial score (nSPS) is 11.3. The Balaban J connectivity index is 1.82. The van der Waals surface area contributed by atoms with E-state index in [9.17, 15) is 4.79 Å². The molecule has 3 aromatic heterocycles. The van der Waals surface area contributed by atoms with E-state index in [0.29, 0.717) is 25.2 Å². The molecule has 0 saturated carbocycles. The van der Waals surface area contributed by atoms with Crippen LogP contribution in [0.4, 0.5) is 0 Å². The molecule has 5 nitrogen and oxygen atoms in total. The van der Waals surface area contributed by atoms with Crippen LogP contribution < -0.4 is 5.56 Å². The van der Waals surface area contributed by atoms with Crippen LogP contribution in [-0.2, 0) is 5.75 Å². The summed E-state index contributed by atoms with van der Waals surface area (Å²) in [7, 11) is 0. The van der Waals surface area contributed by atoms with E-state index < -0.39 is 0 Å². The first-order valence-corrected chi connectivity index (χ1v) is 13.4. The number of hydrogen-bond donors (Lipinski definition) is 0. The summed E-state index contributed by atoms with van der Waals surface area (Å²) in [6.07, 6.45) is 3.56. The van der Waals surface area contributed by atoms with Gasteiger partial charge in [0, 0.05) is 18.1 Å². The smallest absolute Gasteiger partial charge is 0.275 e. The molecule has 0 aliphatic heterocycles. The monoisotopic (exact) mass is 516 g/mol. The summed E-state index contributed by atoms with van der Waals surface area (Å²) >= 11 is 8.66. The molecule has 176 valence electrons. The van der Waals surface area contributed by atoms with Gasteiger partial charge in [0.2, 0.25) is 0 Å². The molecule has 2 aromatic carbocycles. The zero-order chi connectivity index (χ0) is 24.7. The van der Waals surface area contributed by atoms with Crippen molar-refractivity contribution in [2.75, 3.05) is 0 Å². The molecule has 0 saturated heterocycles. The highest BCUT2D eigenvalue weighted by Gasteiger charge is 2.22. The molecule has 0 N–H and O–H groups in total. The number of nitrogens with zero attached hydrogens (tertiary/aromatic N) is 4. The molecule has 0 fully saturated rings. The summed E-state index contributed by atoms with van der Waals surface area (Å²) in [5, 5.41) is 0.643. The second kappa shape index (κ2) is 9.53. The lowest BCUT2D eigenvalue weighted by molar-refractivity contribution is 0.801. The fraction of sp³-hybridized carbons (Fsp3) is 0.185. The van der Waals surface area contributed by atoms with Gasteiger partial charge in [0.1, 0.15) is 4.70 Å². The van der Waals surface area contributed by atoms with Gasteiger partial charge in [-0.25, -0.2) is 4.98 Å². The number of thioether (sulfide) groups is 1. The van der Waals surface area contributed by atoms with E-state index in [0.717, 1.165) is 39.2 Å². The van der Waals surface area contributed by atoms with Gasteiger partial charge in [-0.05, 0) is 79.9 Å². The zero-order valence-electron chi connectivity index (χ0n) is 19.9. The van der Waals surface area contributed by atoms with Gasteiger partial charge in [0.05, 0.1) is 11.4 Å². The Kier molecular flexibility index (Phi) is 6.44. The largest absolute Gasteiger partial charge is 0.278 e. The molecule has 35 heavy (non-hydrogen) atoms. The van der Waals surface area contributed by atoms with E-state index >= 15 is 0 Å². The maximum Gasteiger partial charge on any atom is 0.278 e. The highest BCUT2D eigenvalue weighted by Crippen LogP contribution is 2.32. The Morgan fingerprint density at radius 3 is 1.97 bits per heavy atom. The zero-order valence-corrected chi connectivity index (χ0v) is 22.4. The molecule has 0 amide bonds. The molecule has 0 bridgehead atoms. The van der Waals surface area contributed by atoms with Gasteiger partial charge in [-0.3, -0.25) is 18.9 Å². The first kappa shape index (κ1) is 23.7. The van der Waals surface area contributed by atoms with Crippen LogP contribution in [0.2, 0.25) is 0 Å². The number of aromatic nitrogens is 4. The third-order valence-corrected chi connectivity index (χ3v) is 8.38. The summed E-state index contributed by atoms with van der Waals surface area (Å²) in [4.78, 5) is 23.3. The Labute approximate surface area is 217 Å². The summed E-state index contributed by atoms with van der Waals surface area (Å²) in [6, 6.07) is 16.2. The van der Waals surface area contributed by atoms with E-state index in [4.69, 9.17) is 17.2 Å². The Bertz CT molecular complexity index is 1640. The van der Waals surface area contributed by atoms with E-state index in [1.165, 1.54) is 11.3 Å². The summed E-state index contributed by atoms with van der Waals surface area (Å²) < 4.78 is 4.91. The minimum Gasteiger partial charge on any atom is -0.275 e. The van der Waals surface area contributed by atoms with Gasteiger partial charge in [0.25, 0.3) is 5.56 Å². The van der Waals surface area contributed by atoms with Crippen LogP contribution in [-0.4, -0.2) is 19.1 Å². The van der Waals surface area contributed by atoms with Crippen LogP contribution in [0.5, 0.6) is 0 Å². The van der Waals surface area contributed by atoms with E-state index in [1.807, 2.05) is 54.8 Å². The Morgan fingerprint density at radius 1 is 0.857 bits per heavy atom. The maximum absolute atomic E-state index is 14.1. The van der Waals surface area contributed by atoms with Crippen molar-refractivity contribution in [2.45, 2.75) is 38.6 Å². The SMILES string of the molecule is Cc1cccc(C)c1-n1c(SCc2ccncc2)nc2c(sc(=S)n2-c2c(C)cccc2C)c1=O. The molecule has 0 aliphatic carbocycles. The van der Waals surface area contributed by atoms with Gasteiger partial charge in [-0.1, -0.05) is 59.5 Å². The Hall–Kier alpha value is -3.07. The minimum absolute atomic E-state index is 0.0919. The maximum atomic E-state index is 14.1. The van der Waals surface area contributed by atoms with Crippen LogP contribution in [0.3, 0.4) is 0 Å². The van der Waals surface area contributed by atoms with Crippen molar-refractivity contribution in [1.29, 1.82) is 0 Å². The molecular formula is C27H24N4OS3. The number of fused-ring (bicyclic) bond motifs is 1. The van der Waals surface area contributed by atoms with Gasteiger partial charge in [0.15, 0.2) is 14.8 Å². The molecule has 0 unspecified atom stereocenters. The van der Waals surface area contributed by atoms with Crippen LogP contribution in [0.15, 0.2) is 70.9 Å². The third kappa shape index (κ3) is 4.26. The number of benzene rings is 2. The number of pyridine rings is 1. The van der Waals surface area contributed by atoms with Crippen molar-refractivity contribution in [3.05, 3.63) is 103 Å². The predicted molar refractivity (Wildman–Crippen MR) is 148 cm³/mol. The lowest BCUT2D eigenvalue weighted by atomic mass is 10.1. The van der Waals surface area contributed by atoms with Crippen molar-refractivity contribution < 1.29 is 0 Å². The van der Waals surface area contributed by atoms with Gasteiger partial charge >= 0.3 is 0 Å². The minimum atomic E-state index is -0.0919. The van der Waals surface area contributed by atoms with Crippen molar-refractivity contribution in [2.24, 2.45) is 0 Å². The molecule has 3 heterocycles. The second-order valence-corrected chi connectivity index (χ2v) is 11.1. The number of rotatable bonds is 5. The van der Waals surface area contributed by atoms with Crippen molar-refractivity contribution >= 4 is 45.7 Å². The quantitative estimate of drug-likeness (QED) is 0.145. The number of thiazole rings is 1. The van der Waals surface area contributed by atoms with Crippen LogP contribution in [0, 0.1) is 31.6 Å². The lowest BCUT2D eigenvalue weighted by Crippen LogP contribution is -2.23. The highest BCUT2D eigenvalue weighted by atomic mass is 32.2. The summed E-state index contributed by atoms with van der Waals surface area (Å²) in [5.41, 5.74) is 7.73. The fourth-order valence-electron chi connectivity index (χ4n) is 4.37. The van der Waals surface area contributed by atoms with E-state index in [2.05, 4.69) is 31.0 Å². The molecular weight excluding hydrogens is 493 g/mol. The number of aryl methyl sites for hydroxylation is 4. The van der Waals surface area contributed by atoms with Gasteiger partial charge in [-0.15, -0.1) is 0 Å². The Morgan fingerprint density at radius 2 is 1.40 bits per heavy atom. The van der Waals surface area contributed by atoms with E-state index in [1.54, 1.807) is 28.7 Å². The fourth-order valence-corrected chi connectivity index (χ4v) is 6.59. The summed E-state index contributed by atoms with van der Waals surface area (Å²) in [6.45, 7) is 8.18. The third-order valence-electron chi connectivity index (χ3n) is 6.02. The van der Waals surface area contributed by atoms with Crippen molar-refractivity contribution in [3.63, 3.8) is 0 Å². The van der Waals surface area contributed by atoms with Crippen LogP contribution >= 0.6 is 35.3 Å². The molecule has 0 aliphatic rings. The van der Waals surface area contributed by atoms with Crippen molar-refractivity contribution in [3.8, 4) is 11.4 Å². The second-order valence-electron chi connectivity index (χ2n) is 8.52. The van der Waals surface area contributed by atoms with Crippen LogP contribution in [0.25, 0.3) is 21.7 Å². The molecule has 5 rings (SSSR count).